The summed E-state index contributed by atoms with van der Waals surface area (Å²) in [6, 6.07) is 11.7. The van der Waals surface area contributed by atoms with Crippen LogP contribution in [-0.2, 0) is 4.79 Å². The smallest absolute Gasteiger partial charge is 0.310 e. The first kappa shape index (κ1) is 18.2. The Labute approximate surface area is 145 Å². The number of carboxylic acids is 1. The van der Waals surface area contributed by atoms with Crippen molar-refractivity contribution in [3.05, 3.63) is 59.2 Å². The van der Waals surface area contributed by atoms with Crippen molar-refractivity contribution in [2.75, 3.05) is 14.1 Å². The first-order valence-electron chi connectivity index (χ1n) is 7.71. The van der Waals surface area contributed by atoms with E-state index in [9.17, 15) is 19.5 Å². The zero-order valence-corrected chi connectivity index (χ0v) is 14.3. The Hall–Kier alpha value is -3.15. The van der Waals surface area contributed by atoms with Crippen molar-refractivity contribution in [1.29, 1.82) is 0 Å². The maximum atomic E-state index is 12.4. The molecule has 0 aliphatic carbocycles. The van der Waals surface area contributed by atoms with Crippen LogP contribution in [0.3, 0.4) is 0 Å². The number of hydrogen-bond acceptors (Lipinski definition) is 3. The van der Waals surface area contributed by atoms with E-state index < -0.39 is 17.8 Å². The Morgan fingerprint density at radius 3 is 2.24 bits per heavy atom. The standard InChI is InChI=1S/C19H20N2O4/c1-11(19(24)25)16-10-12(8-9-15(16)18(23)21(2)3)13-6-4-5-7-14(13)17(20)22/h4-11H,1-3H3,(H2,20,22)(H,24,25). The van der Waals surface area contributed by atoms with Crippen LogP contribution in [0.5, 0.6) is 0 Å². The molecule has 1 atom stereocenters. The van der Waals surface area contributed by atoms with Crippen LogP contribution in [-0.4, -0.2) is 41.9 Å². The van der Waals surface area contributed by atoms with Gasteiger partial charge in [0.05, 0.1) is 5.92 Å². The molecule has 3 N–H and O–H groups in total. The molecule has 25 heavy (non-hydrogen) atoms. The van der Waals surface area contributed by atoms with Crippen molar-refractivity contribution in [2.24, 2.45) is 5.73 Å². The first-order valence-corrected chi connectivity index (χ1v) is 7.71. The predicted molar refractivity (Wildman–Crippen MR) is 94.5 cm³/mol. The number of carboxylic acid groups (broad SMARTS) is 1. The fourth-order valence-corrected chi connectivity index (χ4v) is 2.61. The summed E-state index contributed by atoms with van der Waals surface area (Å²) in [4.78, 5) is 36.9. The van der Waals surface area contributed by atoms with Gasteiger partial charge in [-0.1, -0.05) is 24.3 Å². The van der Waals surface area contributed by atoms with E-state index in [2.05, 4.69) is 0 Å². The van der Waals surface area contributed by atoms with E-state index in [1.165, 1.54) is 11.8 Å². The zero-order chi connectivity index (χ0) is 18.7. The molecule has 0 fully saturated rings. The van der Waals surface area contributed by atoms with Crippen molar-refractivity contribution in [3.63, 3.8) is 0 Å². The molecule has 0 saturated carbocycles. The summed E-state index contributed by atoms with van der Waals surface area (Å²) in [6.07, 6.45) is 0. The molecule has 2 amide bonds. The molecule has 6 nitrogen and oxygen atoms in total. The number of rotatable bonds is 5. The predicted octanol–water partition coefficient (Wildman–Crippen LogP) is 2.34. The summed E-state index contributed by atoms with van der Waals surface area (Å²) >= 11 is 0. The number of nitrogens with zero attached hydrogens (tertiary/aromatic N) is 1. The normalized spacial score (nSPS) is 11.6. The SMILES string of the molecule is CC(C(=O)O)c1cc(-c2ccccc2C(N)=O)ccc1C(=O)N(C)C. The van der Waals surface area contributed by atoms with Crippen LogP contribution in [0.2, 0.25) is 0 Å². The first-order chi connectivity index (χ1) is 11.7. The van der Waals surface area contributed by atoms with Gasteiger partial charge in [0.1, 0.15) is 0 Å². The van der Waals surface area contributed by atoms with Crippen molar-refractivity contribution in [2.45, 2.75) is 12.8 Å². The molecule has 0 spiro atoms. The zero-order valence-electron chi connectivity index (χ0n) is 14.3. The molecule has 0 aromatic heterocycles. The Kier molecular flexibility index (Phi) is 5.22. The van der Waals surface area contributed by atoms with Gasteiger partial charge in [-0.15, -0.1) is 0 Å². The minimum absolute atomic E-state index is 0.280. The van der Waals surface area contributed by atoms with Gasteiger partial charge in [-0.05, 0) is 41.8 Å². The van der Waals surface area contributed by atoms with Crippen LogP contribution in [0.15, 0.2) is 42.5 Å². The maximum absolute atomic E-state index is 12.4. The molecule has 0 saturated heterocycles. The highest BCUT2D eigenvalue weighted by Gasteiger charge is 2.23. The van der Waals surface area contributed by atoms with E-state index in [4.69, 9.17) is 5.73 Å². The van der Waals surface area contributed by atoms with Gasteiger partial charge in [0, 0.05) is 25.2 Å². The Bertz CT molecular complexity index is 843. The molecule has 0 aliphatic heterocycles. The second-order valence-electron chi connectivity index (χ2n) is 5.97. The van der Waals surface area contributed by atoms with Gasteiger partial charge in [0.15, 0.2) is 0 Å². The maximum Gasteiger partial charge on any atom is 0.310 e. The van der Waals surface area contributed by atoms with E-state index >= 15 is 0 Å². The number of aliphatic carboxylic acids is 1. The van der Waals surface area contributed by atoms with Gasteiger partial charge < -0.3 is 15.7 Å². The molecular weight excluding hydrogens is 320 g/mol. The van der Waals surface area contributed by atoms with E-state index in [0.717, 1.165) is 0 Å². The number of nitrogens with two attached hydrogens (primary N) is 1. The summed E-state index contributed by atoms with van der Waals surface area (Å²) in [5.41, 5.74) is 7.70. The summed E-state index contributed by atoms with van der Waals surface area (Å²) in [7, 11) is 3.21. The lowest BCUT2D eigenvalue weighted by Gasteiger charge is -2.18. The molecular formula is C19H20N2O4. The number of hydrogen-bond donors (Lipinski definition) is 2. The van der Waals surface area contributed by atoms with Gasteiger partial charge in [0.25, 0.3) is 5.91 Å². The molecule has 130 valence electrons. The van der Waals surface area contributed by atoms with Gasteiger partial charge in [0.2, 0.25) is 5.91 Å². The lowest BCUT2D eigenvalue weighted by atomic mass is 9.90. The van der Waals surface area contributed by atoms with Gasteiger partial charge in [-0.2, -0.15) is 0 Å². The van der Waals surface area contributed by atoms with E-state index in [-0.39, 0.29) is 5.91 Å². The minimum Gasteiger partial charge on any atom is -0.481 e. The second kappa shape index (κ2) is 7.17. The fraction of sp³-hybridized carbons (Fsp3) is 0.211. The summed E-state index contributed by atoms with van der Waals surface area (Å²) in [5.74, 6) is -2.76. The Morgan fingerprint density at radius 2 is 1.68 bits per heavy atom. The second-order valence-corrected chi connectivity index (χ2v) is 5.97. The van der Waals surface area contributed by atoms with Crippen LogP contribution in [0, 0.1) is 0 Å². The molecule has 6 heteroatoms. The van der Waals surface area contributed by atoms with Crippen LogP contribution in [0.25, 0.3) is 11.1 Å². The Morgan fingerprint density at radius 1 is 1.04 bits per heavy atom. The number of primary amides is 1. The molecule has 2 rings (SSSR count). The number of benzene rings is 2. The highest BCUT2D eigenvalue weighted by molar-refractivity contribution is 6.01. The average molecular weight is 340 g/mol. The highest BCUT2D eigenvalue weighted by atomic mass is 16.4. The number of carbonyl (C=O) groups is 3. The lowest BCUT2D eigenvalue weighted by molar-refractivity contribution is -0.138. The van der Waals surface area contributed by atoms with Gasteiger partial charge in [-0.3, -0.25) is 14.4 Å². The molecule has 0 heterocycles. The van der Waals surface area contributed by atoms with Crippen LogP contribution in [0.4, 0.5) is 0 Å². The molecule has 0 bridgehead atoms. The largest absolute Gasteiger partial charge is 0.481 e. The van der Waals surface area contributed by atoms with Crippen LogP contribution < -0.4 is 5.73 Å². The van der Waals surface area contributed by atoms with Crippen molar-refractivity contribution < 1.29 is 19.5 Å². The summed E-state index contributed by atoms with van der Waals surface area (Å²) < 4.78 is 0. The summed E-state index contributed by atoms with van der Waals surface area (Å²) in [6.45, 7) is 1.52. The monoisotopic (exact) mass is 340 g/mol. The molecule has 2 aromatic carbocycles. The fourth-order valence-electron chi connectivity index (χ4n) is 2.61. The lowest BCUT2D eigenvalue weighted by Crippen LogP contribution is -2.24. The van der Waals surface area contributed by atoms with E-state index in [1.807, 2.05) is 0 Å². The number of carbonyl (C=O) groups excluding carboxylic acids is 2. The van der Waals surface area contributed by atoms with Crippen molar-refractivity contribution in [3.8, 4) is 11.1 Å². The van der Waals surface area contributed by atoms with E-state index in [0.29, 0.717) is 27.8 Å². The van der Waals surface area contributed by atoms with E-state index in [1.54, 1.807) is 56.6 Å². The molecule has 1 unspecified atom stereocenters. The van der Waals surface area contributed by atoms with Crippen molar-refractivity contribution in [1.82, 2.24) is 4.90 Å². The molecule has 2 aromatic rings. The van der Waals surface area contributed by atoms with Gasteiger partial charge >= 0.3 is 5.97 Å². The third-order valence-corrected chi connectivity index (χ3v) is 4.03. The summed E-state index contributed by atoms with van der Waals surface area (Å²) in [5, 5.41) is 9.39. The third kappa shape index (κ3) is 3.68. The minimum atomic E-state index is -1.03. The topological polar surface area (TPSA) is 101 Å². The Balaban J connectivity index is 2.68. The van der Waals surface area contributed by atoms with Gasteiger partial charge in [-0.25, -0.2) is 0 Å². The number of amides is 2. The molecule has 0 aliphatic rings. The van der Waals surface area contributed by atoms with Crippen molar-refractivity contribution >= 4 is 17.8 Å². The third-order valence-electron chi connectivity index (χ3n) is 4.03. The average Bonchev–Trinajstić information content (AvgIpc) is 2.59. The van der Waals surface area contributed by atoms with Crippen LogP contribution >= 0.6 is 0 Å². The molecule has 0 radical (unpaired) electrons. The quantitative estimate of drug-likeness (QED) is 0.872. The highest BCUT2D eigenvalue weighted by Crippen LogP contribution is 2.30. The van der Waals surface area contributed by atoms with Crippen LogP contribution in [0.1, 0.15) is 39.1 Å².